The highest BCUT2D eigenvalue weighted by molar-refractivity contribution is 5.74. The lowest BCUT2D eigenvalue weighted by molar-refractivity contribution is -0.105. The average molecular weight is 376 g/mol. The van der Waals surface area contributed by atoms with E-state index in [4.69, 9.17) is 9.47 Å². The van der Waals surface area contributed by atoms with Crippen molar-refractivity contribution in [3.05, 3.63) is 77.6 Å². The molecule has 1 atom stereocenters. The third-order valence-electron chi connectivity index (χ3n) is 5.25. The van der Waals surface area contributed by atoms with E-state index in [0.717, 1.165) is 53.9 Å². The summed E-state index contributed by atoms with van der Waals surface area (Å²) in [6.45, 7) is 4.82. The van der Waals surface area contributed by atoms with Crippen LogP contribution in [0.5, 0.6) is 5.75 Å². The van der Waals surface area contributed by atoms with E-state index in [2.05, 4.69) is 12.1 Å². The molecule has 0 aliphatic carbocycles. The molecule has 3 aromatic carbocycles. The summed E-state index contributed by atoms with van der Waals surface area (Å²) < 4.78 is 26.4. The number of benzene rings is 3. The predicted molar refractivity (Wildman–Crippen MR) is 111 cm³/mol. The standard InChI is InChI=1S/C25H25FO2/c1-17-6-8-19(9-7-17)22-16-24(26)23(15-18(22)2)20-10-12-21(13-11-20)28-25-5-3-4-14-27-25/h6-13,15-16,25H,3-5,14H2,1-2H3. The molecule has 0 spiro atoms. The fourth-order valence-corrected chi connectivity index (χ4v) is 3.62. The van der Waals surface area contributed by atoms with Crippen molar-refractivity contribution in [2.24, 2.45) is 0 Å². The molecule has 0 radical (unpaired) electrons. The molecule has 0 bridgehead atoms. The van der Waals surface area contributed by atoms with Crippen LogP contribution >= 0.6 is 0 Å². The highest BCUT2D eigenvalue weighted by Gasteiger charge is 2.16. The van der Waals surface area contributed by atoms with Crippen molar-refractivity contribution < 1.29 is 13.9 Å². The van der Waals surface area contributed by atoms with Gasteiger partial charge in [0.05, 0.1) is 6.61 Å². The van der Waals surface area contributed by atoms with Gasteiger partial charge in [-0.3, -0.25) is 0 Å². The minimum atomic E-state index is -0.217. The topological polar surface area (TPSA) is 18.5 Å². The molecule has 0 aromatic heterocycles. The van der Waals surface area contributed by atoms with Gasteiger partial charge in [-0.2, -0.15) is 0 Å². The Balaban J connectivity index is 1.57. The van der Waals surface area contributed by atoms with Crippen LogP contribution in [0.2, 0.25) is 0 Å². The van der Waals surface area contributed by atoms with E-state index in [1.807, 2.05) is 56.3 Å². The molecule has 144 valence electrons. The van der Waals surface area contributed by atoms with Crippen molar-refractivity contribution in [1.82, 2.24) is 0 Å². The molecule has 1 aliphatic rings. The van der Waals surface area contributed by atoms with Crippen LogP contribution in [0.25, 0.3) is 22.3 Å². The lowest BCUT2D eigenvalue weighted by Crippen LogP contribution is -2.24. The number of halogens is 1. The van der Waals surface area contributed by atoms with Crippen LogP contribution in [-0.2, 0) is 4.74 Å². The molecule has 2 nitrogen and oxygen atoms in total. The van der Waals surface area contributed by atoms with Crippen molar-refractivity contribution in [3.63, 3.8) is 0 Å². The van der Waals surface area contributed by atoms with E-state index in [0.29, 0.717) is 5.56 Å². The van der Waals surface area contributed by atoms with Crippen LogP contribution in [0.3, 0.4) is 0 Å². The number of rotatable bonds is 4. The molecule has 1 heterocycles. The Morgan fingerprint density at radius 2 is 1.54 bits per heavy atom. The van der Waals surface area contributed by atoms with Crippen LogP contribution in [0.4, 0.5) is 4.39 Å². The third-order valence-corrected chi connectivity index (χ3v) is 5.25. The van der Waals surface area contributed by atoms with E-state index < -0.39 is 0 Å². The fourth-order valence-electron chi connectivity index (χ4n) is 3.62. The second-order valence-corrected chi connectivity index (χ2v) is 7.45. The minimum absolute atomic E-state index is 0.174. The average Bonchev–Trinajstić information content (AvgIpc) is 2.72. The first-order valence-corrected chi connectivity index (χ1v) is 9.86. The van der Waals surface area contributed by atoms with Gasteiger partial charge in [0.1, 0.15) is 11.6 Å². The Labute approximate surface area is 165 Å². The predicted octanol–water partition coefficient (Wildman–Crippen LogP) is 6.68. The van der Waals surface area contributed by atoms with Gasteiger partial charge in [-0.15, -0.1) is 0 Å². The van der Waals surface area contributed by atoms with Crippen molar-refractivity contribution in [3.8, 4) is 28.0 Å². The molecule has 28 heavy (non-hydrogen) atoms. The molecule has 0 saturated carbocycles. The summed E-state index contributed by atoms with van der Waals surface area (Å²) in [6, 6.07) is 19.3. The first kappa shape index (κ1) is 18.7. The maximum absolute atomic E-state index is 14.9. The summed E-state index contributed by atoms with van der Waals surface area (Å²) in [5, 5.41) is 0. The first-order chi connectivity index (χ1) is 13.6. The second kappa shape index (κ2) is 8.15. The molecule has 3 heteroatoms. The van der Waals surface area contributed by atoms with E-state index >= 15 is 0 Å². The lowest BCUT2D eigenvalue weighted by atomic mass is 9.95. The minimum Gasteiger partial charge on any atom is -0.465 e. The summed E-state index contributed by atoms with van der Waals surface area (Å²) in [5.41, 5.74) is 5.65. The van der Waals surface area contributed by atoms with E-state index in [9.17, 15) is 4.39 Å². The van der Waals surface area contributed by atoms with Crippen molar-refractivity contribution >= 4 is 0 Å². The molecule has 1 aliphatic heterocycles. The number of hydrogen-bond acceptors (Lipinski definition) is 2. The van der Waals surface area contributed by atoms with Gasteiger partial charge in [-0.1, -0.05) is 42.0 Å². The van der Waals surface area contributed by atoms with Crippen molar-refractivity contribution in [2.75, 3.05) is 6.61 Å². The van der Waals surface area contributed by atoms with E-state index in [1.165, 1.54) is 5.56 Å². The second-order valence-electron chi connectivity index (χ2n) is 7.45. The molecule has 1 fully saturated rings. The Morgan fingerprint density at radius 1 is 0.857 bits per heavy atom. The van der Waals surface area contributed by atoms with Crippen LogP contribution in [0.1, 0.15) is 30.4 Å². The van der Waals surface area contributed by atoms with Gasteiger partial charge in [-0.25, -0.2) is 4.39 Å². The molecule has 0 N–H and O–H groups in total. The highest BCUT2D eigenvalue weighted by Crippen LogP contribution is 2.32. The van der Waals surface area contributed by atoms with Gasteiger partial charge >= 0.3 is 0 Å². The number of ether oxygens (including phenoxy) is 2. The summed E-state index contributed by atoms with van der Waals surface area (Å²) >= 11 is 0. The maximum Gasteiger partial charge on any atom is 0.199 e. The van der Waals surface area contributed by atoms with Gasteiger partial charge in [0.15, 0.2) is 6.29 Å². The Kier molecular flexibility index (Phi) is 5.45. The summed E-state index contributed by atoms with van der Waals surface area (Å²) in [5.74, 6) is 0.537. The molecule has 1 saturated heterocycles. The van der Waals surface area contributed by atoms with Gasteiger partial charge in [-0.05, 0) is 73.2 Å². The Morgan fingerprint density at radius 3 is 2.21 bits per heavy atom. The van der Waals surface area contributed by atoms with Crippen LogP contribution in [0.15, 0.2) is 60.7 Å². The van der Waals surface area contributed by atoms with E-state index in [-0.39, 0.29) is 12.1 Å². The van der Waals surface area contributed by atoms with Crippen LogP contribution in [0, 0.1) is 19.7 Å². The zero-order chi connectivity index (χ0) is 19.5. The lowest BCUT2D eigenvalue weighted by Gasteiger charge is -2.23. The molecule has 4 rings (SSSR count). The number of aryl methyl sites for hydroxylation is 2. The maximum atomic E-state index is 14.9. The highest BCUT2D eigenvalue weighted by atomic mass is 19.1. The van der Waals surface area contributed by atoms with Gasteiger partial charge < -0.3 is 9.47 Å². The van der Waals surface area contributed by atoms with Gasteiger partial charge in [0.2, 0.25) is 0 Å². The van der Waals surface area contributed by atoms with Gasteiger partial charge in [0.25, 0.3) is 0 Å². The quantitative estimate of drug-likeness (QED) is 0.505. The fraction of sp³-hybridized carbons (Fsp3) is 0.280. The normalized spacial score (nSPS) is 16.8. The van der Waals surface area contributed by atoms with Crippen molar-refractivity contribution in [2.45, 2.75) is 39.4 Å². The largest absolute Gasteiger partial charge is 0.465 e. The Hall–Kier alpha value is -2.65. The zero-order valence-electron chi connectivity index (χ0n) is 16.4. The molecular formula is C25H25FO2. The Bertz CT molecular complexity index is 940. The smallest absolute Gasteiger partial charge is 0.199 e. The summed E-state index contributed by atoms with van der Waals surface area (Å²) in [7, 11) is 0. The monoisotopic (exact) mass is 376 g/mol. The molecule has 3 aromatic rings. The summed E-state index contributed by atoms with van der Waals surface area (Å²) in [6.07, 6.45) is 2.96. The zero-order valence-corrected chi connectivity index (χ0v) is 16.4. The number of hydrogen-bond donors (Lipinski definition) is 0. The molecular weight excluding hydrogens is 351 g/mol. The SMILES string of the molecule is Cc1ccc(-c2cc(F)c(-c3ccc(OC4CCCCO4)cc3)cc2C)cc1. The van der Waals surface area contributed by atoms with Gasteiger partial charge in [0, 0.05) is 12.0 Å². The van der Waals surface area contributed by atoms with Crippen LogP contribution < -0.4 is 4.74 Å². The third kappa shape index (κ3) is 4.10. The molecule has 1 unspecified atom stereocenters. The van der Waals surface area contributed by atoms with Crippen LogP contribution in [-0.4, -0.2) is 12.9 Å². The first-order valence-electron chi connectivity index (χ1n) is 9.86. The summed E-state index contributed by atoms with van der Waals surface area (Å²) in [4.78, 5) is 0. The molecule has 0 amide bonds. The van der Waals surface area contributed by atoms with E-state index in [1.54, 1.807) is 6.07 Å². The van der Waals surface area contributed by atoms with Crippen molar-refractivity contribution in [1.29, 1.82) is 0 Å².